The van der Waals surface area contributed by atoms with E-state index in [1.165, 1.54) is 0 Å². The first-order valence-corrected chi connectivity index (χ1v) is 14.1. The number of hydrogen-bond acceptors (Lipinski definition) is 8. The van der Waals surface area contributed by atoms with E-state index in [0.717, 1.165) is 49.2 Å². The van der Waals surface area contributed by atoms with Crippen molar-refractivity contribution >= 4 is 38.9 Å². The highest BCUT2D eigenvalue weighted by atomic mass is 32.2. The lowest BCUT2D eigenvalue weighted by molar-refractivity contribution is 0.222. The Morgan fingerprint density at radius 2 is 1.89 bits per heavy atom. The molecule has 194 valence electrons. The number of rotatable bonds is 3. The minimum atomic E-state index is -3.06. The second-order valence-corrected chi connectivity index (χ2v) is 11.4. The number of nitrogens with one attached hydrogen (secondary N) is 4. The normalized spacial score (nSPS) is 19.4. The zero-order chi connectivity index (χ0) is 25.8. The van der Waals surface area contributed by atoms with Crippen molar-refractivity contribution in [2.24, 2.45) is 0 Å². The summed E-state index contributed by atoms with van der Waals surface area (Å²) in [6, 6.07) is 12.6. The Labute approximate surface area is 216 Å². The van der Waals surface area contributed by atoms with Crippen molar-refractivity contribution in [1.29, 1.82) is 4.78 Å². The largest absolute Gasteiger partial charge is 0.497 e. The molecule has 0 radical (unpaired) electrons. The Morgan fingerprint density at radius 1 is 1.11 bits per heavy atom. The number of aromatic nitrogens is 2. The molecule has 1 aromatic heterocycles. The van der Waals surface area contributed by atoms with Crippen LogP contribution < -0.4 is 20.7 Å². The molecule has 0 saturated carbocycles. The molecule has 11 heteroatoms. The summed E-state index contributed by atoms with van der Waals surface area (Å²) >= 11 is 0. The molecule has 0 spiro atoms. The van der Waals surface area contributed by atoms with Crippen molar-refractivity contribution in [1.82, 2.24) is 14.9 Å². The minimum absolute atomic E-state index is 0.193. The van der Waals surface area contributed by atoms with Gasteiger partial charge in [0.05, 0.1) is 21.7 Å². The van der Waals surface area contributed by atoms with Gasteiger partial charge in [0, 0.05) is 48.5 Å². The Bertz CT molecular complexity index is 1390. The van der Waals surface area contributed by atoms with Gasteiger partial charge in [-0.2, -0.15) is 4.98 Å². The Balaban J connectivity index is 1.49. The van der Waals surface area contributed by atoms with Crippen LogP contribution in [0.4, 0.5) is 27.9 Å². The van der Waals surface area contributed by atoms with Crippen molar-refractivity contribution in [2.45, 2.75) is 30.6 Å². The van der Waals surface area contributed by atoms with Gasteiger partial charge in [-0.05, 0) is 61.6 Å². The van der Waals surface area contributed by atoms with Crippen molar-refractivity contribution in [2.75, 3.05) is 48.4 Å². The first-order chi connectivity index (χ1) is 17.9. The van der Waals surface area contributed by atoms with Gasteiger partial charge >= 0.3 is 6.03 Å². The van der Waals surface area contributed by atoms with Crippen LogP contribution in [0, 0.1) is 4.78 Å². The van der Waals surface area contributed by atoms with Gasteiger partial charge < -0.3 is 25.6 Å². The van der Waals surface area contributed by atoms with Gasteiger partial charge in [-0.1, -0.05) is 12.1 Å². The van der Waals surface area contributed by atoms with Crippen LogP contribution in [0.5, 0.6) is 5.75 Å². The van der Waals surface area contributed by atoms with Crippen LogP contribution in [-0.4, -0.2) is 57.6 Å². The number of likely N-dealkylation sites (tertiary alicyclic amines) is 1. The van der Waals surface area contributed by atoms with Crippen LogP contribution in [0.25, 0.3) is 11.1 Å². The molecule has 4 bridgehead atoms. The fourth-order valence-corrected chi connectivity index (χ4v) is 5.98. The lowest BCUT2D eigenvalue weighted by Crippen LogP contribution is -2.32. The van der Waals surface area contributed by atoms with E-state index in [-0.39, 0.29) is 11.8 Å². The molecule has 0 aliphatic carbocycles. The monoisotopic (exact) mass is 521 g/mol. The van der Waals surface area contributed by atoms with Crippen molar-refractivity contribution in [3.05, 3.63) is 48.7 Å². The van der Waals surface area contributed by atoms with Crippen LogP contribution in [-0.2, 0) is 9.73 Å². The molecule has 10 nitrogen and oxygen atoms in total. The molecule has 5 rings (SSSR count). The molecule has 2 aromatic carbocycles. The highest BCUT2D eigenvalue weighted by molar-refractivity contribution is 7.92. The maximum atomic E-state index is 13.4. The first kappa shape index (κ1) is 24.8. The summed E-state index contributed by atoms with van der Waals surface area (Å²) < 4.78 is 27.2. The zero-order valence-electron chi connectivity index (χ0n) is 20.8. The van der Waals surface area contributed by atoms with Crippen molar-refractivity contribution in [3.8, 4) is 16.9 Å². The number of urea groups is 1. The molecular formula is C26H31N7O3S. The van der Waals surface area contributed by atoms with E-state index < -0.39 is 9.73 Å². The summed E-state index contributed by atoms with van der Waals surface area (Å²) in [5, 5.41) is 9.48. The minimum Gasteiger partial charge on any atom is -0.497 e. The molecule has 37 heavy (non-hydrogen) atoms. The Morgan fingerprint density at radius 3 is 2.65 bits per heavy atom. The average molecular weight is 522 g/mol. The molecular weight excluding hydrogens is 490 g/mol. The molecule has 1 fully saturated rings. The molecule has 1 saturated heterocycles. The van der Waals surface area contributed by atoms with E-state index >= 15 is 0 Å². The van der Waals surface area contributed by atoms with Crippen molar-refractivity contribution < 1.29 is 13.7 Å². The summed E-state index contributed by atoms with van der Waals surface area (Å²) in [6.07, 6.45) is 5.07. The molecule has 1 unspecified atom stereocenters. The second-order valence-electron chi connectivity index (χ2n) is 9.19. The predicted molar refractivity (Wildman–Crippen MR) is 145 cm³/mol. The number of hydrogen-bond donors (Lipinski definition) is 4. The van der Waals surface area contributed by atoms with Gasteiger partial charge in [-0.3, -0.25) is 0 Å². The molecule has 3 heterocycles. The van der Waals surface area contributed by atoms with E-state index in [2.05, 4.69) is 20.9 Å². The third-order valence-electron chi connectivity index (χ3n) is 6.53. The second kappa shape index (κ2) is 10.6. The van der Waals surface area contributed by atoms with E-state index in [1.54, 1.807) is 36.4 Å². The summed E-state index contributed by atoms with van der Waals surface area (Å²) in [6.45, 7) is 2.05. The van der Waals surface area contributed by atoms with E-state index in [1.807, 2.05) is 24.3 Å². The van der Waals surface area contributed by atoms with Gasteiger partial charge in [-0.25, -0.2) is 18.8 Å². The molecule has 1 atom stereocenters. The van der Waals surface area contributed by atoms with Gasteiger partial charge in [-0.15, -0.1) is 0 Å². The number of fused-ring (bicyclic) bond motifs is 4. The average Bonchev–Trinajstić information content (AvgIpc) is 3.44. The maximum absolute atomic E-state index is 13.4. The number of methoxy groups -OCH3 is 1. The van der Waals surface area contributed by atoms with Crippen LogP contribution in [0.2, 0.25) is 0 Å². The van der Waals surface area contributed by atoms with Gasteiger partial charge in [0.2, 0.25) is 5.95 Å². The number of carbonyl (C=O) groups excluding carboxylic acids is 1. The summed E-state index contributed by atoms with van der Waals surface area (Å²) in [4.78, 5) is 24.1. The SMILES string of the molecule is COc1ccc(-c2cnc3nc2NCCCCS(=N)(=O)c2cc(NC(=O)N4CCCC4)cc(c2)N3)cc1. The standard InChI is InChI=1S/C26H31N7O3S/c1-36-21-8-6-18(7-9-21)23-17-29-25-30-19-14-20(31-26(34)33-11-3-4-12-33)16-22(15-19)37(27,35)13-5-2-10-28-24(23)32-25/h6-9,14-17,27H,2-5,10-13H2,1H3,(H,31,34)(H2,28,29,30,32). The van der Waals surface area contributed by atoms with Gasteiger partial charge in [0.25, 0.3) is 0 Å². The maximum Gasteiger partial charge on any atom is 0.321 e. The van der Waals surface area contributed by atoms with Gasteiger partial charge in [0.15, 0.2) is 0 Å². The predicted octanol–water partition coefficient (Wildman–Crippen LogP) is 5.13. The topological polar surface area (TPSA) is 132 Å². The Kier molecular flexibility index (Phi) is 7.13. The number of ether oxygens (including phenoxy) is 1. The zero-order valence-corrected chi connectivity index (χ0v) is 21.6. The van der Waals surface area contributed by atoms with E-state index in [4.69, 9.17) is 14.5 Å². The van der Waals surface area contributed by atoms with Crippen molar-refractivity contribution in [3.63, 3.8) is 0 Å². The molecule has 2 aliphatic rings. The third-order valence-corrected chi connectivity index (χ3v) is 8.39. The molecule has 3 aromatic rings. The number of amides is 2. The lowest BCUT2D eigenvalue weighted by Gasteiger charge is -2.18. The lowest BCUT2D eigenvalue weighted by atomic mass is 10.1. The molecule has 4 N–H and O–H groups in total. The number of nitrogens with zero attached hydrogens (tertiary/aromatic N) is 3. The first-order valence-electron chi connectivity index (χ1n) is 12.4. The summed E-state index contributed by atoms with van der Waals surface area (Å²) in [5.74, 6) is 2.02. The van der Waals surface area contributed by atoms with E-state index in [9.17, 15) is 9.00 Å². The summed E-state index contributed by atoms with van der Waals surface area (Å²) in [7, 11) is -1.43. The fraction of sp³-hybridized carbons (Fsp3) is 0.346. The van der Waals surface area contributed by atoms with E-state index in [0.29, 0.717) is 41.0 Å². The number of carbonyl (C=O) groups is 1. The van der Waals surface area contributed by atoms with Crippen LogP contribution in [0.3, 0.4) is 0 Å². The third kappa shape index (κ3) is 5.77. The fourth-order valence-electron chi connectivity index (χ4n) is 4.50. The Hall–Kier alpha value is -3.86. The number of anilines is 4. The quantitative estimate of drug-likeness (QED) is 0.375. The molecule has 2 aliphatic heterocycles. The van der Waals surface area contributed by atoms with Crippen LogP contribution >= 0.6 is 0 Å². The molecule has 2 amide bonds. The number of benzene rings is 2. The van der Waals surface area contributed by atoms with Crippen LogP contribution in [0.15, 0.2) is 53.6 Å². The highest BCUT2D eigenvalue weighted by Gasteiger charge is 2.20. The highest BCUT2D eigenvalue weighted by Crippen LogP contribution is 2.31. The smallest absolute Gasteiger partial charge is 0.321 e. The van der Waals surface area contributed by atoms with Gasteiger partial charge in [0.1, 0.15) is 11.6 Å². The summed E-state index contributed by atoms with van der Waals surface area (Å²) in [5.41, 5.74) is 2.83. The van der Waals surface area contributed by atoms with Crippen LogP contribution in [0.1, 0.15) is 25.7 Å².